The Bertz CT molecular complexity index is 1590. The lowest BCUT2D eigenvalue weighted by atomic mass is 9.99. The molecule has 11 heteroatoms. The van der Waals surface area contributed by atoms with Crippen LogP contribution in [0, 0.1) is 0 Å². The van der Waals surface area contributed by atoms with Crippen molar-refractivity contribution in [1.29, 1.82) is 0 Å². The molecular formula is C67H117NO10. The number of amides is 1. The number of unbranched alkanes of at least 4 members (excludes halogenated alkanes) is 27. The highest BCUT2D eigenvalue weighted by atomic mass is 16.7. The van der Waals surface area contributed by atoms with Crippen LogP contribution in [0.25, 0.3) is 0 Å². The van der Waals surface area contributed by atoms with Crippen molar-refractivity contribution in [2.75, 3.05) is 13.2 Å². The van der Waals surface area contributed by atoms with Crippen LogP contribution in [-0.2, 0) is 23.8 Å². The van der Waals surface area contributed by atoms with E-state index in [1.54, 1.807) is 6.08 Å². The summed E-state index contributed by atoms with van der Waals surface area (Å²) in [6.07, 6.45) is 60.4. The maximum atomic E-state index is 13.4. The lowest BCUT2D eigenvalue weighted by Gasteiger charge is -2.41. The summed E-state index contributed by atoms with van der Waals surface area (Å²) in [5.41, 5.74) is 0. The topological polar surface area (TPSA) is 175 Å². The van der Waals surface area contributed by atoms with Crippen LogP contribution < -0.4 is 5.32 Å². The molecule has 1 fully saturated rings. The number of hydrogen-bond donors (Lipinski definition) is 6. The van der Waals surface area contributed by atoms with Gasteiger partial charge >= 0.3 is 5.97 Å². The van der Waals surface area contributed by atoms with Crippen molar-refractivity contribution in [3.05, 3.63) is 85.1 Å². The fraction of sp³-hybridized carbons (Fsp3) is 0.761. The molecule has 0 spiro atoms. The minimum Gasteiger partial charge on any atom is -0.454 e. The number of ether oxygens (including phenoxy) is 3. The number of carbonyl (C=O) groups is 2. The van der Waals surface area contributed by atoms with Gasteiger partial charge in [-0.3, -0.25) is 9.59 Å². The quantitative estimate of drug-likeness (QED) is 0.0195. The largest absolute Gasteiger partial charge is 0.454 e. The molecule has 0 radical (unpaired) electrons. The number of esters is 1. The Labute approximate surface area is 476 Å². The molecule has 1 amide bonds. The van der Waals surface area contributed by atoms with Crippen LogP contribution in [0.5, 0.6) is 0 Å². The van der Waals surface area contributed by atoms with Crippen molar-refractivity contribution in [3.63, 3.8) is 0 Å². The second kappa shape index (κ2) is 54.4. The molecule has 1 saturated heterocycles. The van der Waals surface area contributed by atoms with Gasteiger partial charge in [-0.05, 0) is 96.3 Å². The van der Waals surface area contributed by atoms with Gasteiger partial charge in [-0.15, -0.1) is 0 Å². The number of rotatable bonds is 53. The van der Waals surface area contributed by atoms with Crippen molar-refractivity contribution in [1.82, 2.24) is 5.32 Å². The highest BCUT2D eigenvalue weighted by Gasteiger charge is 2.47. The third-order valence-electron chi connectivity index (χ3n) is 14.5. The maximum absolute atomic E-state index is 13.4. The zero-order valence-electron chi connectivity index (χ0n) is 49.8. The summed E-state index contributed by atoms with van der Waals surface area (Å²) < 4.78 is 17.6. The molecule has 0 aromatic carbocycles. The Morgan fingerprint density at radius 1 is 0.513 bits per heavy atom. The molecule has 8 atom stereocenters. The van der Waals surface area contributed by atoms with Crippen molar-refractivity contribution < 1.29 is 49.3 Å². The van der Waals surface area contributed by atoms with Crippen LogP contribution in [0.15, 0.2) is 85.1 Å². The Morgan fingerprint density at radius 3 is 1.40 bits per heavy atom. The maximum Gasteiger partial charge on any atom is 0.306 e. The first kappa shape index (κ1) is 72.9. The van der Waals surface area contributed by atoms with Gasteiger partial charge in [-0.1, -0.05) is 247 Å². The van der Waals surface area contributed by atoms with Crippen LogP contribution >= 0.6 is 0 Å². The van der Waals surface area contributed by atoms with Gasteiger partial charge in [0.1, 0.15) is 24.4 Å². The van der Waals surface area contributed by atoms with Crippen LogP contribution in [0.1, 0.15) is 265 Å². The summed E-state index contributed by atoms with van der Waals surface area (Å²) in [7, 11) is 0. The number of nitrogens with one attached hydrogen (secondary N) is 1. The first-order chi connectivity index (χ1) is 38.2. The first-order valence-electron chi connectivity index (χ1n) is 31.9. The van der Waals surface area contributed by atoms with Crippen molar-refractivity contribution in [2.45, 2.75) is 314 Å². The molecular weight excluding hydrogens is 979 g/mol. The standard InChI is InChI=1S/C67H117NO10/c1-4-7-10-13-16-19-22-25-27-29-31-33-35-37-40-43-46-49-52-55-62(72)78-65-64(74)63(73)61(56-69)77-67(65)76-57-58(59(70)53-50-47-44-41-38-24-21-18-15-12-9-6-3)68-66(75)60(71)54-51-48-45-42-39-36-34-32-30-28-26-23-20-17-14-11-8-5-2/h7,10,16,19,25-28,31,33,37,40,50,53,58-61,63-65,67,69-71,73-74H,4-6,8-9,11-15,17-18,20-24,29-30,32,34-36,38-39,41-49,51-52,54-57H2,1-3H3,(H,68,75)/b10-7-,19-16-,27-25-,28-26+,33-31-,40-37-,53-50+. The van der Waals surface area contributed by atoms with Gasteiger partial charge < -0.3 is 45.1 Å². The number of aliphatic hydroxyl groups excluding tert-OH is 5. The fourth-order valence-electron chi connectivity index (χ4n) is 9.50. The first-order valence-corrected chi connectivity index (χ1v) is 31.9. The number of hydrogen-bond acceptors (Lipinski definition) is 10. The van der Waals surface area contributed by atoms with E-state index in [1.165, 1.54) is 122 Å². The second-order valence-electron chi connectivity index (χ2n) is 21.8. The Hall–Kier alpha value is -3.16. The van der Waals surface area contributed by atoms with E-state index in [0.29, 0.717) is 12.8 Å². The third-order valence-corrected chi connectivity index (χ3v) is 14.5. The van der Waals surface area contributed by atoms with Crippen LogP contribution in [0.4, 0.5) is 0 Å². The fourth-order valence-corrected chi connectivity index (χ4v) is 9.50. The summed E-state index contributed by atoms with van der Waals surface area (Å²) in [5.74, 6) is -1.23. The predicted octanol–water partition coefficient (Wildman–Crippen LogP) is 15.3. The SMILES string of the molecule is CC/C=C\C/C=C\C/C=C\C/C=C\C/C=C\CCCCCC(=O)OC1C(OCC(NC(=O)C(O)CCCCCCCCCC/C=C/CCCCCCCC)C(O)/C=C/CCCCCCCCCCCC)OC(CO)C(O)C1O. The van der Waals surface area contributed by atoms with Gasteiger partial charge in [-0.2, -0.15) is 0 Å². The Balaban J connectivity index is 2.69. The summed E-state index contributed by atoms with van der Waals surface area (Å²) in [6, 6.07) is -1.04. The van der Waals surface area contributed by atoms with Gasteiger partial charge in [0.25, 0.3) is 0 Å². The van der Waals surface area contributed by atoms with Crippen molar-refractivity contribution in [2.24, 2.45) is 0 Å². The summed E-state index contributed by atoms with van der Waals surface area (Å²) in [5, 5.41) is 57.0. The molecule has 0 aliphatic carbocycles. The molecule has 0 aromatic heterocycles. The van der Waals surface area contributed by atoms with E-state index in [1.807, 2.05) is 6.08 Å². The van der Waals surface area contributed by atoms with Gasteiger partial charge in [0.05, 0.1) is 25.4 Å². The highest BCUT2D eigenvalue weighted by molar-refractivity contribution is 5.80. The number of aliphatic hydroxyl groups is 5. The molecule has 0 bridgehead atoms. The lowest BCUT2D eigenvalue weighted by Crippen LogP contribution is -2.61. The van der Waals surface area contributed by atoms with E-state index in [-0.39, 0.29) is 19.4 Å². The summed E-state index contributed by atoms with van der Waals surface area (Å²) in [6.45, 7) is 5.66. The molecule has 1 aliphatic heterocycles. The molecule has 6 N–H and O–H groups in total. The highest BCUT2D eigenvalue weighted by Crippen LogP contribution is 2.26. The van der Waals surface area contributed by atoms with Crippen LogP contribution in [0.2, 0.25) is 0 Å². The van der Waals surface area contributed by atoms with E-state index in [4.69, 9.17) is 14.2 Å². The molecule has 1 aliphatic rings. The van der Waals surface area contributed by atoms with E-state index >= 15 is 0 Å². The zero-order chi connectivity index (χ0) is 56.8. The second-order valence-corrected chi connectivity index (χ2v) is 21.8. The van der Waals surface area contributed by atoms with Crippen molar-refractivity contribution in [3.8, 4) is 0 Å². The minimum atomic E-state index is -1.63. The van der Waals surface area contributed by atoms with E-state index < -0.39 is 67.4 Å². The average Bonchev–Trinajstić information content (AvgIpc) is 3.45. The molecule has 78 heavy (non-hydrogen) atoms. The monoisotopic (exact) mass is 1100 g/mol. The molecule has 11 nitrogen and oxygen atoms in total. The molecule has 0 aromatic rings. The van der Waals surface area contributed by atoms with Crippen LogP contribution in [0.3, 0.4) is 0 Å². The predicted molar refractivity (Wildman–Crippen MR) is 324 cm³/mol. The Kier molecular flexibility index (Phi) is 50.8. The zero-order valence-corrected chi connectivity index (χ0v) is 49.8. The van der Waals surface area contributed by atoms with Crippen LogP contribution in [-0.4, -0.2) is 99.6 Å². The van der Waals surface area contributed by atoms with Crippen molar-refractivity contribution >= 4 is 11.9 Å². The molecule has 450 valence electrons. The lowest BCUT2D eigenvalue weighted by molar-refractivity contribution is -0.305. The summed E-state index contributed by atoms with van der Waals surface area (Å²) >= 11 is 0. The van der Waals surface area contributed by atoms with Gasteiger partial charge in [0, 0.05) is 6.42 Å². The molecule has 1 heterocycles. The van der Waals surface area contributed by atoms with E-state index in [9.17, 15) is 35.1 Å². The minimum absolute atomic E-state index is 0.0811. The number of allylic oxidation sites excluding steroid dienone is 13. The average molecular weight is 1100 g/mol. The number of carbonyl (C=O) groups excluding carboxylic acids is 2. The molecule has 0 saturated carbocycles. The molecule has 8 unspecified atom stereocenters. The molecule has 1 rings (SSSR count). The third kappa shape index (κ3) is 41.8. The summed E-state index contributed by atoms with van der Waals surface area (Å²) in [4.78, 5) is 26.6. The Morgan fingerprint density at radius 2 is 0.923 bits per heavy atom. The van der Waals surface area contributed by atoms with Gasteiger partial charge in [-0.25, -0.2) is 0 Å². The van der Waals surface area contributed by atoms with Gasteiger partial charge in [0.15, 0.2) is 12.4 Å². The van der Waals surface area contributed by atoms with E-state index in [2.05, 4.69) is 99.0 Å². The smallest absolute Gasteiger partial charge is 0.306 e. The van der Waals surface area contributed by atoms with E-state index in [0.717, 1.165) is 96.3 Å². The van der Waals surface area contributed by atoms with Gasteiger partial charge in [0.2, 0.25) is 5.91 Å². The normalized spacial score (nSPS) is 19.5.